The second-order valence-electron chi connectivity index (χ2n) is 6.08. The topological polar surface area (TPSA) is 67.4 Å². The second-order valence-corrected chi connectivity index (χ2v) is 6.08. The van der Waals surface area contributed by atoms with Gasteiger partial charge < -0.3 is 10.1 Å². The van der Waals surface area contributed by atoms with E-state index in [1.807, 2.05) is 24.3 Å². The highest BCUT2D eigenvalue weighted by Crippen LogP contribution is 2.26. The van der Waals surface area contributed by atoms with Crippen molar-refractivity contribution in [3.05, 3.63) is 29.8 Å². The fraction of sp³-hybridized carbons (Fsp3) is 0.529. The van der Waals surface area contributed by atoms with Gasteiger partial charge in [-0.3, -0.25) is 14.9 Å². The maximum atomic E-state index is 11.9. The first-order valence-corrected chi connectivity index (χ1v) is 7.99. The van der Waals surface area contributed by atoms with Crippen LogP contribution in [0.25, 0.3) is 0 Å². The monoisotopic (exact) mass is 302 g/mol. The van der Waals surface area contributed by atoms with Gasteiger partial charge in [-0.25, -0.2) is 0 Å². The molecule has 2 aliphatic heterocycles. The van der Waals surface area contributed by atoms with Crippen molar-refractivity contribution in [3.8, 4) is 5.75 Å². The van der Waals surface area contributed by atoms with Crippen LogP contribution < -0.4 is 15.4 Å². The molecule has 2 amide bonds. The third-order valence-electron chi connectivity index (χ3n) is 4.47. The standard InChI is InChI=1S/C17H22N2O3/c20-16-6-5-15(17(21)19-16)13-1-3-14(4-2-13)22-11-12-7-9-18-10-8-12/h1-4,12,15,18H,5-11H2,(H,19,20,21)/t15-/m1/s1. The minimum atomic E-state index is -0.226. The van der Waals surface area contributed by atoms with Crippen molar-refractivity contribution in [1.82, 2.24) is 10.6 Å². The number of amides is 2. The Kier molecular flexibility index (Phi) is 4.73. The lowest BCUT2D eigenvalue weighted by Crippen LogP contribution is -2.39. The molecular weight excluding hydrogens is 280 g/mol. The van der Waals surface area contributed by atoms with Gasteiger partial charge in [0.05, 0.1) is 12.5 Å². The smallest absolute Gasteiger partial charge is 0.234 e. The molecule has 0 radical (unpaired) electrons. The summed E-state index contributed by atoms with van der Waals surface area (Å²) in [6.07, 6.45) is 3.31. The largest absolute Gasteiger partial charge is 0.493 e. The maximum Gasteiger partial charge on any atom is 0.234 e. The molecule has 0 spiro atoms. The van der Waals surface area contributed by atoms with Crippen LogP contribution in [0.4, 0.5) is 0 Å². The van der Waals surface area contributed by atoms with Crippen molar-refractivity contribution in [2.24, 2.45) is 5.92 Å². The number of nitrogens with one attached hydrogen (secondary N) is 2. The predicted molar refractivity (Wildman–Crippen MR) is 82.7 cm³/mol. The lowest BCUT2D eigenvalue weighted by Gasteiger charge is -2.23. The molecule has 2 saturated heterocycles. The molecule has 22 heavy (non-hydrogen) atoms. The van der Waals surface area contributed by atoms with Crippen molar-refractivity contribution in [1.29, 1.82) is 0 Å². The van der Waals surface area contributed by atoms with Crippen LogP contribution in [-0.4, -0.2) is 31.5 Å². The van der Waals surface area contributed by atoms with E-state index in [1.165, 1.54) is 0 Å². The average molecular weight is 302 g/mol. The molecule has 2 aliphatic rings. The Hall–Kier alpha value is -1.88. The van der Waals surface area contributed by atoms with Gasteiger partial charge in [0.2, 0.25) is 11.8 Å². The van der Waals surface area contributed by atoms with Crippen LogP contribution in [0.2, 0.25) is 0 Å². The fourth-order valence-corrected chi connectivity index (χ4v) is 3.07. The lowest BCUT2D eigenvalue weighted by atomic mass is 9.90. The van der Waals surface area contributed by atoms with E-state index in [9.17, 15) is 9.59 Å². The molecule has 118 valence electrons. The number of piperidine rings is 2. The summed E-state index contributed by atoms with van der Waals surface area (Å²) in [6, 6.07) is 7.69. The molecule has 5 nitrogen and oxygen atoms in total. The summed E-state index contributed by atoms with van der Waals surface area (Å²) in [6.45, 7) is 2.89. The van der Waals surface area contributed by atoms with Crippen LogP contribution in [0, 0.1) is 5.92 Å². The van der Waals surface area contributed by atoms with Crippen molar-refractivity contribution in [3.63, 3.8) is 0 Å². The van der Waals surface area contributed by atoms with Crippen LogP contribution >= 0.6 is 0 Å². The van der Waals surface area contributed by atoms with Crippen molar-refractivity contribution in [2.75, 3.05) is 19.7 Å². The van der Waals surface area contributed by atoms with Crippen LogP contribution in [0.1, 0.15) is 37.2 Å². The van der Waals surface area contributed by atoms with Gasteiger partial charge in [0.1, 0.15) is 5.75 Å². The first-order chi connectivity index (χ1) is 10.7. The SMILES string of the molecule is O=C1CC[C@H](c2ccc(OCC3CCNCC3)cc2)C(=O)N1. The Bertz CT molecular complexity index is 535. The van der Waals surface area contributed by atoms with E-state index >= 15 is 0 Å². The summed E-state index contributed by atoms with van der Waals surface area (Å²) < 4.78 is 5.85. The summed E-state index contributed by atoms with van der Waals surface area (Å²) in [7, 11) is 0. The second kappa shape index (κ2) is 6.92. The average Bonchev–Trinajstić information content (AvgIpc) is 2.55. The van der Waals surface area contributed by atoms with Gasteiger partial charge in [0.25, 0.3) is 0 Å². The van der Waals surface area contributed by atoms with Gasteiger partial charge in [-0.2, -0.15) is 0 Å². The molecule has 1 atom stereocenters. The zero-order valence-corrected chi connectivity index (χ0v) is 12.6. The van der Waals surface area contributed by atoms with E-state index < -0.39 is 0 Å². The number of hydrogen-bond donors (Lipinski definition) is 2. The molecule has 0 aliphatic carbocycles. The number of benzene rings is 1. The fourth-order valence-electron chi connectivity index (χ4n) is 3.07. The molecule has 0 aromatic heterocycles. The van der Waals surface area contributed by atoms with Gasteiger partial charge in [-0.05, 0) is 56.0 Å². The third kappa shape index (κ3) is 3.65. The quantitative estimate of drug-likeness (QED) is 0.829. The lowest BCUT2D eigenvalue weighted by molar-refractivity contribution is -0.134. The molecule has 2 fully saturated rings. The van der Waals surface area contributed by atoms with Crippen LogP contribution in [0.3, 0.4) is 0 Å². The van der Waals surface area contributed by atoms with Crippen molar-refractivity contribution in [2.45, 2.75) is 31.6 Å². The van der Waals surface area contributed by atoms with Gasteiger partial charge >= 0.3 is 0 Å². The van der Waals surface area contributed by atoms with Crippen molar-refractivity contribution >= 4 is 11.8 Å². The highest BCUT2D eigenvalue weighted by Gasteiger charge is 2.27. The minimum Gasteiger partial charge on any atom is -0.493 e. The number of carbonyl (C=O) groups excluding carboxylic acids is 2. The number of carbonyl (C=O) groups is 2. The first-order valence-electron chi connectivity index (χ1n) is 7.99. The Labute approximate surface area is 130 Å². The zero-order valence-electron chi connectivity index (χ0n) is 12.6. The molecule has 3 rings (SSSR count). The molecule has 2 heterocycles. The maximum absolute atomic E-state index is 11.9. The molecule has 1 aromatic rings. The molecule has 0 bridgehead atoms. The first kappa shape index (κ1) is 15.0. The van der Waals surface area contributed by atoms with Crippen LogP contribution in [-0.2, 0) is 9.59 Å². The number of hydrogen-bond acceptors (Lipinski definition) is 4. The Balaban J connectivity index is 1.55. The normalized spacial score (nSPS) is 23.2. The summed E-state index contributed by atoms with van der Waals surface area (Å²) in [5.41, 5.74) is 0.944. The van der Waals surface area contributed by atoms with E-state index in [1.54, 1.807) is 0 Å². The van der Waals surface area contributed by atoms with E-state index in [0.717, 1.165) is 43.9 Å². The Morgan fingerprint density at radius 2 is 1.77 bits per heavy atom. The highest BCUT2D eigenvalue weighted by atomic mass is 16.5. The molecule has 5 heteroatoms. The number of imide groups is 1. The number of ether oxygens (including phenoxy) is 1. The van der Waals surface area contributed by atoms with Crippen LogP contribution in [0.15, 0.2) is 24.3 Å². The highest BCUT2D eigenvalue weighted by molar-refractivity contribution is 6.00. The zero-order chi connectivity index (χ0) is 15.4. The Morgan fingerprint density at radius 3 is 2.45 bits per heavy atom. The minimum absolute atomic E-state index is 0.178. The number of rotatable bonds is 4. The van der Waals surface area contributed by atoms with E-state index in [-0.39, 0.29) is 17.7 Å². The van der Waals surface area contributed by atoms with Gasteiger partial charge in [-0.15, -0.1) is 0 Å². The van der Waals surface area contributed by atoms with E-state index in [2.05, 4.69) is 10.6 Å². The molecular formula is C17H22N2O3. The van der Waals surface area contributed by atoms with Crippen molar-refractivity contribution < 1.29 is 14.3 Å². The van der Waals surface area contributed by atoms with E-state index in [4.69, 9.17) is 4.74 Å². The molecule has 1 aromatic carbocycles. The molecule has 0 saturated carbocycles. The van der Waals surface area contributed by atoms with E-state index in [0.29, 0.717) is 18.8 Å². The predicted octanol–water partition coefficient (Wildman–Crippen LogP) is 1.59. The van der Waals surface area contributed by atoms with Gasteiger partial charge in [-0.1, -0.05) is 12.1 Å². The summed E-state index contributed by atoms with van der Waals surface area (Å²) in [4.78, 5) is 23.0. The Morgan fingerprint density at radius 1 is 1.05 bits per heavy atom. The summed E-state index contributed by atoms with van der Waals surface area (Å²) in [5.74, 6) is 0.865. The van der Waals surface area contributed by atoms with Gasteiger partial charge in [0, 0.05) is 6.42 Å². The summed E-state index contributed by atoms with van der Waals surface area (Å²) >= 11 is 0. The summed E-state index contributed by atoms with van der Waals surface area (Å²) in [5, 5.41) is 5.74. The molecule has 2 N–H and O–H groups in total. The van der Waals surface area contributed by atoms with Crippen LogP contribution in [0.5, 0.6) is 5.75 Å². The third-order valence-corrected chi connectivity index (χ3v) is 4.47. The van der Waals surface area contributed by atoms with Gasteiger partial charge in [0.15, 0.2) is 0 Å². The molecule has 0 unspecified atom stereocenters.